The van der Waals surface area contributed by atoms with Gasteiger partial charge in [-0.2, -0.15) is 0 Å². The molecule has 0 saturated heterocycles. The molecule has 1 amide bonds. The molecule has 0 aliphatic carbocycles. The first-order valence-corrected chi connectivity index (χ1v) is 8.27. The van der Waals surface area contributed by atoms with Gasteiger partial charge >= 0.3 is 0 Å². The average Bonchev–Trinajstić information content (AvgIpc) is 2.36. The Hall–Kier alpha value is -0.780. The fraction of sp³-hybridized carbons (Fsp3) is 0.562. The van der Waals surface area contributed by atoms with Crippen LogP contribution >= 0.6 is 28.3 Å². The van der Waals surface area contributed by atoms with Crippen LogP contribution in [-0.4, -0.2) is 18.6 Å². The van der Waals surface area contributed by atoms with Gasteiger partial charge in [0.25, 0.3) is 0 Å². The van der Waals surface area contributed by atoms with Gasteiger partial charge in [0.05, 0.1) is 6.10 Å². The molecule has 22 heavy (non-hydrogen) atoms. The fourth-order valence-corrected chi connectivity index (χ4v) is 2.45. The number of anilines is 1. The van der Waals surface area contributed by atoms with Crippen molar-refractivity contribution >= 4 is 39.9 Å². The monoisotopic (exact) mass is 392 g/mol. The van der Waals surface area contributed by atoms with Crippen LogP contribution in [0, 0.1) is 0 Å². The number of nitrogens with one attached hydrogen (secondary N) is 1. The topological polar surface area (TPSA) is 64.3 Å². The van der Waals surface area contributed by atoms with Crippen molar-refractivity contribution in [1.82, 2.24) is 0 Å². The highest BCUT2D eigenvalue weighted by atomic mass is 79.9. The zero-order valence-electron chi connectivity index (χ0n) is 13.2. The molecule has 0 saturated carbocycles. The number of halogens is 2. The van der Waals surface area contributed by atoms with Gasteiger partial charge in [0.2, 0.25) is 5.91 Å². The molecule has 0 radical (unpaired) electrons. The summed E-state index contributed by atoms with van der Waals surface area (Å²) >= 11 is 3.43. The van der Waals surface area contributed by atoms with Gasteiger partial charge in [-0.15, -0.1) is 12.4 Å². The number of carbonyl (C=O) groups excluding carboxylic acids is 1. The van der Waals surface area contributed by atoms with E-state index >= 15 is 0 Å². The van der Waals surface area contributed by atoms with E-state index in [4.69, 9.17) is 10.5 Å². The quantitative estimate of drug-likeness (QED) is 0.607. The fourth-order valence-electron chi connectivity index (χ4n) is 1.98. The molecule has 0 atom stereocenters. The Kier molecular flexibility index (Phi) is 11.3. The molecule has 0 aliphatic heterocycles. The third-order valence-corrected chi connectivity index (χ3v) is 3.34. The van der Waals surface area contributed by atoms with Gasteiger partial charge < -0.3 is 15.8 Å². The smallest absolute Gasteiger partial charge is 0.224 e. The highest BCUT2D eigenvalue weighted by Gasteiger charge is 2.06. The number of nitrogens with two attached hydrogens (primary N) is 1. The maximum Gasteiger partial charge on any atom is 0.224 e. The van der Waals surface area contributed by atoms with E-state index in [0.29, 0.717) is 6.42 Å². The van der Waals surface area contributed by atoms with Crippen molar-refractivity contribution in [2.24, 2.45) is 5.73 Å². The van der Waals surface area contributed by atoms with Gasteiger partial charge in [-0.05, 0) is 45.4 Å². The maximum absolute atomic E-state index is 11.9. The number of unbranched alkanes of at least 4 members (excludes halogenated alkanes) is 3. The van der Waals surface area contributed by atoms with Crippen LogP contribution < -0.4 is 15.8 Å². The molecule has 1 rings (SSSR count). The van der Waals surface area contributed by atoms with Crippen molar-refractivity contribution in [3.05, 3.63) is 22.7 Å². The summed E-state index contributed by atoms with van der Waals surface area (Å²) in [5.74, 6) is 0.786. The molecule has 0 heterocycles. The second-order valence-electron chi connectivity index (χ2n) is 5.34. The van der Waals surface area contributed by atoms with Gasteiger partial charge in [0.15, 0.2) is 0 Å². The number of hydrogen-bond acceptors (Lipinski definition) is 3. The summed E-state index contributed by atoms with van der Waals surface area (Å²) < 4.78 is 6.54. The van der Waals surface area contributed by atoms with Crippen molar-refractivity contribution in [1.29, 1.82) is 0 Å². The largest absolute Gasteiger partial charge is 0.491 e. The Morgan fingerprint density at radius 3 is 2.55 bits per heavy atom. The predicted octanol–water partition coefficient (Wildman–Crippen LogP) is 4.51. The molecule has 1 aromatic carbocycles. The molecule has 0 spiro atoms. The van der Waals surface area contributed by atoms with E-state index in [1.807, 2.05) is 32.0 Å². The Morgan fingerprint density at radius 2 is 1.91 bits per heavy atom. The van der Waals surface area contributed by atoms with Crippen LogP contribution in [0.4, 0.5) is 5.69 Å². The number of hydrogen-bond donors (Lipinski definition) is 2. The molecule has 4 nitrogen and oxygen atoms in total. The molecule has 0 unspecified atom stereocenters. The Labute approximate surface area is 147 Å². The van der Waals surface area contributed by atoms with Crippen LogP contribution in [0.3, 0.4) is 0 Å². The predicted molar refractivity (Wildman–Crippen MR) is 97.9 cm³/mol. The lowest BCUT2D eigenvalue weighted by Gasteiger charge is -2.12. The number of carbonyl (C=O) groups is 1. The first-order valence-electron chi connectivity index (χ1n) is 7.48. The van der Waals surface area contributed by atoms with Crippen molar-refractivity contribution in [2.45, 2.75) is 52.1 Å². The van der Waals surface area contributed by atoms with E-state index < -0.39 is 0 Å². The number of amides is 1. The van der Waals surface area contributed by atoms with E-state index in [0.717, 1.165) is 48.1 Å². The van der Waals surface area contributed by atoms with Crippen molar-refractivity contribution in [3.63, 3.8) is 0 Å². The summed E-state index contributed by atoms with van der Waals surface area (Å²) in [4.78, 5) is 11.9. The summed E-state index contributed by atoms with van der Waals surface area (Å²) in [6.07, 6.45) is 4.71. The second-order valence-corrected chi connectivity index (χ2v) is 6.26. The number of rotatable bonds is 9. The minimum Gasteiger partial charge on any atom is -0.491 e. The lowest BCUT2D eigenvalue weighted by atomic mass is 10.1. The Morgan fingerprint density at radius 1 is 1.23 bits per heavy atom. The Bertz CT molecular complexity index is 456. The molecule has 0 aliphatic rings. The van der Waals surface area contributed by atoms with E-state index in [9.17, 15) is 4.79 Å². The molecule has 1 aromatic rings. The van der Waals surface area contributed by atoms with Gasteiger partial charge in [-0.3, -0.25) is 4.79 Å². The molecular weight excluding hydrogens is 368 g/mol. The van der Waals surface area contributed by atoms with Crippen LogP contribution in [0.5, 0.6) is 5.75 Å². The van der Waals surface area contributed by atoms with Gasteiger partial charge in [-0.25, -0.2) is 0 Å². The minimum absolute atomic E-state index is 0. The van der Waals surface area contributed by atoms with Crippen molar-refractivity contribution in [2.75, 3.05) is 11.9 Å². The summed E-state index contributed by atoms with van der Waals surface area (Å²) in [5, 5.41) is 2.91. The first kappa shape index (κ1) is 21.2. The highest BCUT2D eigenvalue weighted by Crippen LogP contribution is 2.25. The highest BCUT2D eigenvalue weighted by molar-refractivity contribution is 9.10. The van der Waals surface area contributed by atoms with Crippen LogP contribution in [0.15, 0.2) is 22.7 Å². The average molecular weight is 394 g/mol. The first-order chi connectivity index (χ1) is 10.0. The van der Waals surface area contributed by atoms with Crippen LogP contribution in [-0.2, 0) is 4.79 Å². The van der Waals surface area contributed by atoms with Crippen LogP contribution in [0.2, 0.25) is 0 Å². The molecule has 0 bridgehead atoms. The van der Waals surface area contributed by atoms with Gasteiger partial charge in [0, 0.05) is 22.6 Å². The summed E-state index contributed by atoms with van der Waals surface area (Å²) in [5.41, 5.74) is 6.20. The third-order valence-electron chi connectivity index (χ3n) is 2.88. The third kappa shape index (κ3) is 9.28. The summed E-state index contributed by atoms with van der Waals surface area (Å²) in [6, 6.07) is 5.61. The molecule has 0 fully saturated rings. The molecule has 126 valence electrons. The Balaban J connectivity index is 0.00000441. The lowest BCUT2D eigenvalue weighted by Crippen LogP contribution is -2.12. The van der Waals surface area contributed by atoms with E-state index in [-0.39, 0.29) is 24.4 Å². The minimum atomic E-state index is 0. The van der Waals surface area contributed by atoms with Crippen LogP contribution in [0.25, 0.3) is 0 Å². The molecule has 0 aromatic heterocycles. The standard InChI is InChI=1S/C16H25BrN2O2.ClH/c1-12(2)21-15-10-13(17)9-14(11-15)19-16(20)7-5-3-4-6-8-18;/h9-12H,3-8,18H2,1-2H3,(H,19,20);1H. The lowest BCUT2D eigenvalue weighted by molar-refractivity contribution is -0.116. The van der Waals surface area contributed by atoms with E-state index in [2.05, 4.69) is 21.2 Å². The normalized spacial score (nSPS) is 10.2. The molecule has 3 N–H and O–H groups in total. The zero-order chi connectivity index (χ0) is 15.7. The second kappa shape index (κ2) is 11.7. The zero-order valence-corrected chi connectivity index (χ0v) is 15.6. The van der Waals surface area contributed by atoms with Gasteiger partial charge in [-0.1, -0.05) is 28.8 Å². The van der Waals surface area contributed by atoms with Gasteiger partial charge in [0.1, 0.15) is 5.75 Å². The summed E-state index contributed by atoms with van der Waals surface area (Å²) in [6.45, 7) is 4.67. The van der Waals surface area contributed by atoms with Crippen LogP contribution in [0.1, 0.15) is 46.0 Å². The van der Waals surface area contributed by atoms with E-state index in [1.54, 1.807) is 0 Å². The van der Waals surface area contributed by atoms with Crippen molar-refractivity contribution in [3.8, 4) is 5.75 Å². The summed E-state index contributed by atoms with van der Waals surface area (Å²) in [7, 11) is 0. The maximum atomic E-state index is 11.9. The number of benzene rings is 1. The molecular formula is C16H26BrClN2O2. The SMILES string of the molecule is CC(C)Oc1cc(Br)cc(NC(=O)CCCCCCN)c1.Cl. The van der Waals surface area contributed by atoms with E-state index in [1.165, 1.54) is 0 Å². The van der Waals surface area contributed by atoms with Crippen molar-refractivity contribution < 1.29 is 9.53 Å². The molecule has 6 heteroatoms. The number of ether oxygens (including phenoxy) is 1.